The molecular formula is C34H44FNO8. The number of anilines is 1. The molecule has 1 N–H and O–H groups in total. The molecule has 0 spiro atoms. The number of hydrogen-bond donors (Lipinski definition) is 1. The number of fused-ring (bicyclic) bond motifs is 5. The molecule has 11 atom stereocenters. The van der Waals surface area contributed by atoms with Crippen molar-refractivity contribution in [1.29, 1.82) is 0 Å². The molecule has 1 aromatic rings. The van der Waals surface area contributed by atoms with Gasteiger partial charge in [0.1, 0.15) is 24.1 Å². The smallest absolute Gasteiger partial charge is 0.293 e. The Hall–Kier alpha value is -3.30. The fraction of sp³-hybridized carbons (Fsp3) is 0.676. The van der Waals surface area contributed by atoms with Crippen molar-refractivity contribution in [3.05, 3.63) is 29.6 Å². The largest absolute Gasteiger partial charge is 0.465 e. The van der Waals surface area contributed by atoms with Gasteiger partial charge in [-0.15, -0.1) is 0 Å². The average molecular weight is 614 g/mol. The van der Waals surface area contributed by atoms with E-state index in [2.05, 4.69) is 26.1 Å². The van der Waals surface area contributed by atoms with Crippen molar-refractivity contribution in [2.45, 2.75) is 96.9 Å². The molecule has 0 radical (unpaired) electrons. The molecule has 1 aromatic carbocycles. The monoisotopic (exact) mass is 613 g/mol. The Morgan fingerprint density at radius 3 is 2.45 bits per heavy atom. The third-order valence-corrected chi connectivity index (χ3v) is 12.4. The lowest BCUT2D eigenvalue weighted by atomic mass is 9.43. The van der Waals surface area contributed by atoms with Crippen LogP contribution in [0.3, 0.4) is 0 Å². The van der Waals surface area contributed by atoms with Crippen LogP contribution in [0.1, 0.15) is 88.9 Å². The highest BCUT2D eigenvalue weighted by Crippen LogP contribution is 2.69. The predicted molar refractivity (Wildman–Crippen MR) is 158 cm³/mol. The van der Waals surface area contributed by atoms with Crippen LogP contribution in [0.15, 0.2) is 18.2 Å². The van der Waals surface area contributed by atoms with Crippen molar-refractivity contribution >= 4 is 37.3 Å². The molecule has 4 fully saturated rings. The Kier molecular flexibility index (Phi) is 9.47. The summed E-state index contributed by atoms with van der Waals surface area (Å²) >= 11 is 0. The molecule has 10 heteroatoms. The van der Waals surface area contributed by atoms with Gasteiger partial charge < -0.3 is 19.5 Å². The van der Waals surface area contributed by atoms with Crippen LogP contribution in [0.25, 0.3) is 0 Å². The highest BCUT2D eigenvalue weighted by atomic mass is 19.1. The number of ether oxygens (including phenoxy) is 3. The first-order chi connectivity index (χ1) is 21.1. The Morgan fingerprint density at radius 1 is 1.00 bits per heavy atom. The molecule has 0 bridgehead atoms. The minimum Gasteiger partial charge on any atom is -0.465 e. The van der Waals surface area contributed by atoms with E-state index in [0.717, 1.165) is 38.2 Å². The van der Waals surface area contributed by atoms with Crippen LogP contribution in [0.4, 0.5) is 10.1 Å². The van der Waals surface area contributed by atoms with E-state index in [9.17, 15) is 28.4 Å². The molecule has 5 rings (SSSR count). The molecule has 9 nitrogen and oxygen atoms in total. The van der Waals surface area contributed by atoms with Gasteiger partial charge in [-0.1, -0.05) is 20.8 Å². The van der Waals surface area contributed by atoms with Crippen molar-refractivity contribution in [1.82, 2.24) is 0 Å². The Morgan fingerprint density at radius 2 is 1.75 bits per heavy atom. The number of amides is 1. The van der Waals surface area contributed by atoms with Gasteiger partial charge in [0.2, 0.25) is 5.91 Å². The first-order valence-electron chi connectivity index (χ1n) is 15.9. The van der Waals surface area contributed by atoms with E-state index in [-0.39, 0.29) is 88.2 Å². The van der Waals surface area contributed by atoms with E-state index >= 15 is 0 Å². The van der Waals surface area contributed by atoms with Crippen molar-refractivity contribution in [3.63, 3.8) is 0 Å². The summed E-state index contributed by atoms with van der Waals surface area (Å²) in [6.45, 7) is 8.28. The fourth-order valence-electron chi connectivity index (χ4n) is 10.3. The summed E-state index contributed by atoms with van der Waals surface area (Å²) in [4.78, 5) is 59.0. The van der Waals surface area contributed by atoms with Gasteiger partial charge in [0.25, 0.3) is 19.4 Å². The fourth-order valence-corrected chi connectivity index (χ4v) is 10.3. The molecule has 44 heavy (non-hydrogen) atoms. The maximum absolute atomic E-state index is 13.8. The SMILES string of the molecule is C[C@H](CCC(=O)Nc1cc(F)ccc1C=O)[C@H]1CC[C@H]2[C@@H]3[C@H](OC=O)C[C@@H]4CC(OC=O)CC[C@]4(C)[C@H]3C[C@H](OC=O)[C@]12C. The molecule has 4 aliphatic carbocycles. The molecule has 1 amide bonds. The second-order valence-electron chi connectivity index (χ2n) is 14.0. The summed E-state index contributed by atoms with van der Waals surface area (Å²) in [5, 5.41) is 2.68. The number of aldehydes is 1. The second kappa shape index (κ2) is 13.0. The molecule has 0 heterocycles. The van der Waals surface area contributed by atoms with Gasteiger partial charge in [0, 0.05) is 23.3 Å². The molecule has 0 saturated heterocycles. The first-order valence-corrected chi connectivity index (χ1v) is 15.9. The van der Waals surface area contributed by atoms with E-state index in [1.165, 1.54) is 12.1 Å². The van der Waals surface area contributed by atoms with Gasteiger partial charge >= 0.3 is 0 Å². The van der Waals surface area contributed by atoms with Gasteiger partial charge in [-0.3, -0.25) is 24.0 Å². The van der Waals surface area contributed by atoms with Crippen LogP contribution in [0.5, 0.6) is 0 Å². The topological polar surface area (TPSA) is 125 Å². The third kappa shape index (κ3) is 5.65. The van der Waals surface area contributed by atoms with Crippen molar-refractivity contribution in [3.8, 4) is 0 Å². The molecule has 240 valence electrons. The van der Waals surface area contributed by atoms with Crippen LogP contribution < -0.4 is 5.32 Å². The highest BCUT2D eigenvalue weighted by molar-refractivity contribution is 5.96. The van der Waals surface area contributed by atoms with Gasteiger partial charge in [-0.25, -0.2) is 4.39 Å². The van der Waals surface area contributed by atoms with Gasteiger partial charge in [-0.05, 0) is 105 Å². The lowest BCUT2D eigenvalue weighted by molar-refractivity contribution is -0.218. The van der Waals surface area contributed by atoms with Crippen molar-refractivity contribution in [2.75, 3.05) is 5.32 Å². The summed E-state index contributed by atoms with van der Waals surface area (Å²) in [6, 6.07) is 3.65. The van der Waals surface area contributed by atoms with E-state index in [0.29, 0.717) is 45.0 Å². The summed E-state index contributed by atoms with van der Waals surface area (Å²) in [5.74, 6) is 0.0722. The number of carbonyl (C=O) groups excluding carboxylic acids is 5. The van der Waals surface area contributed by atoms with Crippen LogP contribution in [-0.4, -0.2) is 49.9 Å². The molecule has 0 aliphatic heterocycles. The molecular weight excluding hydrogens is 569 g/mol. The number of benzene rings is 1. The number of hydrogen-bond acceptors (Lipinski definition) is 8. The minimum atomic E-state index is -0.539. The maximum Gasteiger partial charge on any atom is 0.293 e. The van der Waals surface area contributed by atoms with E-state index < -0.39 is 5.82 Å². The number of rotatable bonds is 12. The van der Waals surface area contributed by atoms with Crippen molar-refractivity contribution < 1.29 is 42.6 Å². The predicted octanol–water partition coefficient (Wildman–Crippen LogP) is 5.50. The maximum atomic E-state index is 13.8. The van der Waals surface area contributed by atoms with Gasteiger partial charge in [-0.2, -0.15) is 0 Å². The summed E-state index contributed by atoms with van der Waals surface area (Å²) in [6.07, 6.45) is 6.17. The average Bonchev–Trinajstić information content (AvgIpc) is 3.35. The van der Waals surface area contributed by atoms with Crippen LogP contribution in [-0.2, 0) is 33.4 Å². The Labute approximate surface area is 257 Å². The van der Waals surface area contributed by atoms with E-state index in [4.69, 9.17) is 14.2 Å². The lowest BCUT2D eigenvalue weighted by Crippen LogP contribution is -2.63. The molecule has 4 aliphatic rings. The lowest BCUT2D eigenvalue weighted by Gasteiger charge is -2.64. The molecule has 0 aromatic heterocycles. The van der Waals surface area contributed by atoms with E-state index in [1.807, 2.05) is 0 Å². The molecule has 1 unspecified atom stereocenters. The normalized spacial score (nSPS) is 38.1. The number of nitrogens with one attached hydrogen (secondary N) is 1. The minimum absolute atomic E-state index is 0.0684. The zero-order valence-electron chi connectivity index (χ0n) is 25.7. The molecule has 4 saturated carbocycles. The second-order valence-corrected chi connectivity index (χ2v) is 14.0. The standard InChI is InChI=1S/C34H44FNO8/c1-20(4-9-31(41)36-28-14-23(35)6-5-21(28)16-37)25-7-8-26-32-27(15-30(44-19-40)34(25,26)3)33(2)11-10-24(42-17-38)12-22(33)13-29(32)43-18-39/h5-6,14,16-20,22,24-27,29-30,32H,4,7-13,15H2,1-3H3,(H,36,41)/t20-,22+,24?,25-,26+,27+,29-,30+,32+,33+,34-/m1/s1. The summed E-state index contributed by atoms with van der Waals surface area (Å²) in [5.41, 5.74) is -0.0807. The summed E-state index contributed by atoms with van der Waals surface area (Å²) in [7, 11) is 0. The third-order valence-electron chi connectivity index (χ3n) is 12.4. The van der Waals surface area contributed by atoms with Gasteiger partial charge in [0.15, 0.2) is 6.29 Å². The van der Waals surface area contributed by atoms with Crippen LogP contribution in [0.2, 0.25) is 0 Å². The Bertz CT molecular complexity index is 1260. The zero-order chi connectivity index (χ0) is 31.6. The first kappa shape index (κ1) is 32.1. The number of carbonyl (C=O) groups is 5. The summed E-state index contributed by atoms with van der Waals surface area (Å²) < 4.78 is 30.9. The number of halogens is 1. The Balaban J connectivity index is 1.36. The van der Waals surface area contributed by atoms with Crippen LogP contribution >= 0.6 is 0 Å². The van der Waals surface area contributed by atoms with Gasteiger partial charge in [0.05, 0.1) is 5.69 Å². The zero-order valence-corrected chi connectivity index (χ0v) is 25.7. The highest BCUT2D eigenvalue weighted by Gasteiger charge is 2.67. The van der Waals surface area contributed by atoms with Crippen LogP contribution in [0, 0.1) is 52.2 Å². The van der Waals surface area contributed by atoms with Crippen molar-refractivity contribution in [2.24, 2.45) is 46.3 Å². The van der Waals surface area contributed by atoms with E-state index in [1.54, 1.807) is 0 Å². The quantitative estimate of drug-likeness (QED) is 0.242.